The molecule has 0 saturated carbocycles. The van der Waals surface area contributed by atoms with Gasteiger partial charge in [0.05, 0.1) is 10.7 Å². The number of nitrogens with one attached hydrogen (secondary N) is 1. The summed E-state index contributed by atoms with van der Waals surface area (Å²) in [5, 5.41) is 3.66. The maximum Gasteiger partial charge on any atom is 0.225 e. The first kappa shape index (κ1) is 18.6. The lowest BCUT2D eigenvalue weighted by atomic mass is 10.2. The SMILES string of the molecule is C=C/C(=C\C(=C\Nc1nc(Cl)ncc1Br)P(C)(C)=O)c1ncco1. The van der Waals surface area contributed by atoms with Gasteiger partial charge in [-0.15, -0.1) is 0 Å². The van der Waals surface area contributed by atoms with Gasteiger partial charge < -0.3 is 14.3 Å². The van der Waals surface area contributed by atoms with Crippen LogP contribution in [0.15, 0.2) is 57.8 Å². The number of rotatable bonds is 6. The van der Waals surface area contributed by atoms with Gasteiger partial charge in [0.15, 0.2) is 0 Å². The number of allylic oxidation sites excluding steroid dienone is 4. The lowest BCUT2D eigenvalue weighted by Gasteiger charge is -2.11. The average molecular weight is 430 g/mol. The van der Waals surface area contributed by atoms with Gasteiger partial charge in [0.25, 0.3) is 0 Å². The molecule has 2 aromatic rings. The molecule has 24 heavy (non-hydrogen) atoms. The molecule has 0 radical (unpaired) electrons. The molecule has 0 spiro atoms. The molecule has 0 aliphatic heterocycles. The Morgan fingerprint density at radius 1 is 1.46 bits per heavy atom. The minimum absolute atomic E-state index is 0.105. The third-order valence-corrected chi connectivity index (χ3v) is 5.16. The standard InChI is InChI=1S/C15H15BrClN4O2P/c1-4-10(14-18-5-6-23-14)7-11(24(2,3)22)8-19-13-12(16)9-20-15(17)21-13/h4-9H,1H2,2-3H3,(H,19,20,21)/b10-7+,11-8-. The highest BCUT2D eigenvalue weighted by atomic mass is 79.9. The molecule has 0 saturated heterocycles. The third kappa shape index (κ3) is 4.90. The first-order valence-electron chi connectivity index (χ1n) is 6.75. The Balaban J connectivity index is 2.40. The number of oxazole rings is 1. The summed E-state index contributed by atoms with van der Waals surface area (Å²) in [6, 6.07) is 0. The normalized spacial score (nSPS) is 13.0. The lowest BCUT2D eigenvalue weighted by Crippen LogP contribution is -1.97. The van der Waals surface area contributed by atoms with Crippen LogP contribution in [0.5, 0.6) is 0 Å². The predicted octanol–water partition coefficient (Wildman–Crippen LogP) is 5.03. The molecule has 0 aliphatic carbocycles. The van der Waals surface area contributed by atoms with Crippen LogP contribution in [0.4, 0.5) is 5.82 Å². The Labute approximate surface area is 153 Å². The van der Waals surface area contributed by atoms with Gasteiger partial charge in [-0.3, -0.25) is 0 Å². The third-order valence-electron chi connectivity index (χ3n) is 2.90. The van der Waals surface area contributed by atoms with Gasteiger partial charge in [-0.25, -0.2) is 9.97 Å². The van der Waals surface area contributed by atoms with Crippen LogP contribution in [-0.2, 0) is 4.57 Å². The molecule has 0 fully saturated rings. The van der Waals surface area contributed by atoms with Crippen LogP contribution in [0, 0.1) is 0 Å². The second kappa shape index (κ2) is 7.92. The van der Waals surface area contributed by atoms with Gasteiger partial charge in [-0.1, -0.05) is 12.7 Å². The van der Waals surface area contributed by atoms with Crippen molar-refractivity contribution in [1.29, 1.82) is 0 Å². The van der Waals surface area contributed by atoms with E-state index in [1.807, 2.05) is 0 Å². The van der Waals surface area contributed by atoms with Crippen molar-refractivity contribution in [2.75, 3.05) is 18.6 Å². The van der Waals surface area contributed by atoms with Crippen molar-refractivity contribution in [1.82, 2.24) is 15.0 Å². The summed E-state index contributed by atoms with van der Waals surface area (Å²) in [5.74, 6) is 0.862. The minimum atomic E-state index is -2.60. The molecule has 0 unspecified atom stereocenters. The molecular formula is C15H15BrClN4O2P. The topological polar surface area (TPSA) is 80.9 Å². The van der Waals surface area contributed by atoms with Crippen molar-refractivity contribution in [3.8, 4) is 0 Å². The number of halogens is 2. The van der Waals surface area contributed by atoms with Crippen molar-refractivity contribution in [3.63, 3.8) is 0 Å². The summed E-state index contributed by atoms with van der Waals surface area (Å²) in [7, 11) is -2.60. The summed E-state index contributed by atoms with van der Waals surface area (Å²) in [4.78, 5) is 12.0. The molecule has 1 N–H and O–H groups in total. The van der Waals surface area contributed by atoms with E-state index in [4.69, 9.17) is 16.0 Å². The van der Waals surface area contributed by atoms with Gasteiger partial charge in [-0.05, 0) is 46.9 Å². The van der Waals surface area contributed by atoms with E-state index in [1.54, 1.807) is 31.7 Å². The fourth-order valence-electron chi connectivity index (χ4n) is 1.68. The molecule has 9 heteroatoms. The van der Waals surface area contributed by atoms with Crippen LogP contribution in [0.2, 0.25) is 5.28 Å². The molecule has 0 aromatic carbocycles. The van der Waals surface area contributed by atoms with E-state index in [-0.39, 0.29) is 5.28 Å². The Hall–Kier alpha value is -1.69. The molecule has 6 nitrogen and oxygen atoms in total. The first-order valence-corrected chi connectivity index (χ1v) is 10.5. The van der Waals surface area contributed by atoms with Crippen LogP contribution in [0.3, 0.4) is 0 Å². The second-order valence-electron chi connectivity index (χ2n) is 5.04. The van der Waals surface area contributed by atoms with E-state index in [2.05, 4.69) is 42.8 Å². The monoisotopic (exact) mass is 428 g/mol. The fraction of sp³-hybridized carbons (Fsp3) is 0.133. The van der Waals surface area contributed by atoms with Crippen LogP contribution in [0.1, 0.15) is 5.89 Å². The lowest BCUT2D eigenvalue weighted by molar-refractivity contribution is 0.543. The Kier molecular flexibility index (Phi) is 6.15. The maximum atomic E-state index is 12.6. The van der Waals surface area contributed by atoms with Gasteiger partial charge in [0.2, 0.25) is 11.2 Å². The fourth-order valence-corrected chi connectivity index (χ4v) is 2.94. The molecule has 0 amide bonds. The largest absolute Gasteiger partial charge is 0.445 e. The van der Waals surface area contributed by atoms with Gasteiger partial charge in [0.1, 0.15) is 19.2 Å². The van der Waals surface area contributed by atoms with Crippen LogP contribution >= 0.6 is 34.7 Å². The molecule has 126 valence electrons. The molecule has 0 atom stereocenters. The van der Waals surface area contributed by atoms with Crippen molar-refractivity contribution in [3.05, 3.63) is 64.5 Å². The Morgan fingerprint density at radius 2 is 2.21 bits per heavy atom. The van der Waals surface area contributed by atoms with Crippen molar-refractivity contribution < 1.29 is 8.98 Å². The van der Waals surface area contributed by atoms with E-state index in [9.17, 15) is 4.57 Å². The summed E-state index contributed by atoms with van der Waals surface area (Å²) in [6.07, 6.45) is 9.44. The second-order valence-corrected chi connectivity index (χ2v) is 9.45. The van der Waals surface area contributed by atoms with E-state index in [1.165, 1.54) is 18.7 Å². The molecule has 2 rings (SSSR count). The zero-order valence-electron chi connectivity index (χ0n) is 13.0. The molecular weight excluding hydrogens is 415 g/mol. The summed E-state index contributed by atoms with van der Waals surface area (Å²) < 4.78 is 18.5. The molecule has 2 aromatic heterocycles. The van der Waals surface area contributed by atoms with Crippen LogP contribution < -0.4 is 5.32 Å². The van der Waals surface area contributed by atoms with E-state index < -0.39 is 7.14 Å². The molecule has 0 aliphatic rings. The number of anilines is 1. The summed E-state index contributed by atoms with van der Waals surface area (Å²) in [5.41, 5.74) is 0.622. The quantitative estimate of drug-likeness (QED) is 0.394. The van der Waals surface area contributed by atoms with Gasteiger partial charge in [0, 0.05) is 23.3 Å². The Morgan fingerprint density at radius 3 is 2.79 bits per heavy atom. The highest BCUT2D eigenvalue weighted by molar-refractivity contribution is 9.10. The van der Waals surface area contributed by atoms with E-state index >= 15 is 0 Å². The van der Waals surface area contributed by atoms with Gasteiger partial charge >= 0.3 is 0 Å². The maximum absolute atomic E-state index is 12.6. The first-order chi connectivity index (χ1) is 11.3. The Bertz CT molecular complexity index is 843. The van der Waals surface area contributed by atoms with Gasteiger partial charge in [-0.2, -0.15) is 4.98 Å². The number of hydrogen-bond donors (Lipinski definition) is 1. The number of hydrogen-bond acceptors (Lipinski definition) is 6. The highest BCUT2D eigenvalue weighted by Crippen LogP contribution is 2.47. The zero-order chi connectivity index (χ0) is 17.7. The zero-order valence-corrected chi connectivity index (χ0v) is 16.3. The van der Waals surface area contributed by atoms with Crippen molar-refractivity contribution in [2.45, 2.75) is 0 Å². The van der Waals surface area contributed by atoms with Crippen LogP contribution in [-0.4, -0.2) is 28.3 Å². The predicted molar refractivity (Wildman–Crippen MR) is 101 cm³/mol. The summed E-state index contributed by atoms with van der Waals surface area (Å²) in [6.45, 7) is 7.07. The highest BCUT2D eigenvalue weighted by Gasteiger charge is 2.15. The average Bonchev–Trinajstić information content (AvgIpc) is 3.03. The van der Waals surface area contributed by atoms with Crippen molar-refractivity contribution >= 4 is 46.1 Å². The van der Waals surface area contributed by atoms with E-state index in [0.29, 0.717) is 27.1 Å². The van der Waals surface area contributed by atoms with Crippen molar-refractivity contribution in [2.24, 2.45) is 0 Å². The summed E-state index contributed by atoms with van der Waals surface area (Å²) >= 11 is 9.12. The number of aromatic nitrogens is 3. The minimum Gasteiger partial charge on any atom is -0.445 e. The van der Waals surface area contributed by atoms with E-state index in [0.717, 1.165) is 0 Å². The van der Waals surface area contributed by atoms with Crippen LogP contribution in [0.25, 0.3) is 5.57 Å². The number of nitrogens with zero attached hydrogens (tertiary/aromatic N) is 3. The molecule has 2 heterocycles. The molecule has 0 bridgehead atoms. The smallest absolute Gasteiger partial charge is 0.225 e.